The Morgan fingerprint density at radius 3 is 2.85 bits per heavy atom. The Bertz CT molecular complexity index is 786. The number of benzene rings is 1. The largest absolute Gasteiger partial charge is 0.376 e. The van der Waals surface area contributed by atoms with Crippen LogP contribution in [0.4, 0.5) is 10.8 Å². The van der Waals surface area contributed by atoms with Gasteiger partial charge in [-0.1, -0.05) is 17.7 Å². The van der Waals surface area contributed by atoms with Gasteiger partial charge >= 0.3 is 0 Å². The second-order valence-electron chi connectivity index (χ2n) is 6.81. The van der Waals surface area contributed by atoms with Gasteiger partial charge in [0, 0.05) is 55.4 Å². The first-order valence-corrected chi connectivity index (χ1v) is 10.6. The molecule has 4 rings (SSSR count). The van der Waals surface area contributed by atoms with Gasteiger partial charge in [-0.25, -0.2) is 4.98 Å². The summed E-state index contributed by atoms with van der Waals surface area (Å²) >= 11 is 7.62. The van der Waals surface area contributed by atoms with Crippen LogP contribution >= 0.6 is 22.9 Å². The van der Waals surface area contributed by atoms with Crippen molar-refractivity contribution in [1.29, 1.82) is 0 Å². The van der Waals surface area contributed by atoms with E-state index in [9.17, 15) is 4.79 Å². The third-order valence-corrected chi connectivity index (χ3v) is 6.10. The zero-order valence-corrected chi connectivity index (χ0v) is 16.6. The molecule has 3 heterocycles. The number of nitrogens with one attached hydrogen (secondary N) is 1. The van der Waals surface area contributed by atoms with Crippen molar-refractivity contribution in [2.45, 2.75) is 18.9 Å². The summed E-state index contributed by atoms with van der Waals surface area (Å²) in [6.07, 6.45) is 2.23. The fourth-order valence-electron chi connectivity index (χ4n) is 3.44. The molecule has 6 nitrogen and oxygen atoms in total. The molecule has 2 aliphatic rings. The SMILES string of the molecule is O=C(NCC1CCCO1)c1csc(N2CCN(c3cccc(Cl)c3)CC2)n1. The highest BCUT2D eigenvalue weighted by Crippen LogP contribution is 2.25. The van der Waals surface area contributed by atoms with E-state index in [4.69, 9.17) is 16.3 Å². The van der Waals surface area contributed by atoms with Crippen LogP contribution in [0.3, 0.4) is 0 Å². The maximum atomic E-state index is 12.3. The highest BCUT2D eigenvalue weighted by atomic mass is 35.5. The van der Waals surface area contributed by atoms with Gasteiger partial charge in [-0.3, -0.25) is 4.79 Å². The van der Waals surface area contributed by atoms with Crippen molar-refractivity contribution in [3.8, 4) is 0 Å². The molecule has 2 aliphatic heterocycles. The van der Waals surface area contributed by atoms with E-state index in [1.54, 1.807) is 0 Å². The number of nitrogens with zero attached hydrogens (tertiary/aromatic N) is 3. The summed E-state index contributed by atoms with van der Waals surface area (Å²) in [5.74, 6) is -0.120. The van der Waals surface area contributed by atoms with Gasteiger partial charge in [0.1, 0.15) is 5.69 Å². The quantitative estimate of drug-likeness (QED) is 0.827. The first kappa shape index (κ1) is 18.5. The number of amides is 1. The molecular weight excluding hydrogens is 384 g/mol. The Morgan fingerprint density at radius 1 is 1.30 bits per heavy atom. The van der Waals surface area contributed by atoms with Crippen LogP contribution in [-0.2, 0) is 4.74 Å². The number of ether oxygens (including phenoxy) is 1. The topological polar surface area (TPSA) is 57.7 Å². The van der Waals surface area contributed by atoms with Crippen molar-refractivity contribution in [2.24, 2.45) is 0 Å². The molecule has 0 aliphatic carbocycles. The first-order valence-electron chi connectivity index (χ1n) is 9.30. The summed E-state index contributed by atoms with van der Waals surface area (Å²) < 4.78 is 5.54. The van der Waals surface area contributed by atoms with E-state index in [0.29, 0.717) is 12.2 Å². The smallest absolute Gasteiger partial charge is 0.270 e. The lowest BCUT2D eigenvalue weighted by molar-refractivity contribution is 0.0854. The molecule has 2 saturated heterocycles. The van der Waals surface area contributed by atoms with Gasteiger partial charge in [0.25, 0.3) is 5.91 Å². The molecule has 0 radical (unpaired) electrons. The summed E-state index contributed by atoms with van der Waals surface area (Å²) in [7, 11) is 0. The Hall–Kier alpha value is -1.83. The Labute approximate surface area is 168 Å². The lowest BCUT2D eigenvalue weighted by Gasteiger charge is -2.36. The lowest BCUT2D eigenvalue weighted by atomic mass is 10.2. The van der Waals surface area contributed by atoms with Gasteiger partial charge in [0.05, 0.1) is 6.10 Å². The van der Waals surface area contributed by atoms with E-state index >= 15 is 0 Å². The summed E-state index contributed by atoms with van der Waals surface area (Å²) in [4.78, 5) is 21.4. The Balaban J connectivity index is 1.30. The number of anilines is 2. The number of hydrogen-bond acceptors (Lipinski definition) is 6. The van der Waals surface area contributed by atoms with Crippen LogP contribution in [0.15, 0.2) is 29.6 Å². The van der Waals surface area contributed by atoms with Crippen molar-refractivity contribution < 1.29 is 9.53 Å². The van der Waals surface area contributed by atoms with E-state index in [1.165, 1.54) is 11.3 Å². The molecule has 27 heavy (non-hydrogen) atoms. The number of carbonyl (C=O) groups is 1. The minimum Gasteiger partial charge on any atom is -0.376 e. The van der Waals surface area contributed by atoms with Crippen molar-refractivity contribution in [1.82, 2.24) is 10.3 Å². The van der Waals surface area contributed by atoms with E-state index in [0.717, 1.165) is 61.5 Å². The second-order valence-corrected chi connectivity index (χ2v) is 8.09. The molecule has 1 unspecified atom stereocenters. The summed E-state index contributed by atoms with van der Waals surface area (Å²) in [6.45, 7) is 4.90. The molecule has 0 saturated carbocycles. The molecule has 1 N–H and O–H groups in total. The lowest BCUT2D eigenvalue weighted by Crippen LogP contribution is -2.46. The average molecular weight is 407 g/mol. The van der Waals surface area contributed by atoms with Gasteiger partial charge in [0.15, 0.2) is 5.13 Å². The molecule has 2 aromatic rings. The van der Waals surface area contributed by atoms with Crippen LogP contribution in [0.5, 0.6) is 0 Å². The highest BCUT2D eigenvalue weighted by molar-refractivity contribution is 7.13. The van der Waals surface area contributed by atoms with Crippen LogP contribution in [-0.4, -0.2) is 56.3 Å². The molecule has 2 fully saturated rings. The zero-order chi connectivity index (χ0) is 18.6. The average Bonchev–Trinajstić information content (AvgIpc) is 3.38. The number of hydrogen-bond donors (Lipinski definition) is 1. The van der Waals surface area contributed by atoms with Gasteiger partial charge in [0.2, 0.25) is 0 Å². The first-order chi connectivity index (χ1) is 13.2. The van der Waals surface area contributed by atoms with Crippen LogP contribution in [0.25, 0.3) is 0 Å². The minimum atomic E-state index is -0.120. The molecule has 0 bridgehead atoms. The molecular formula is C19H23ClN4O2S. The van der Waals surface area contributed by atoms with Gasteiger partial charge in [-0.05, 0) is 31.0 Å². The van der Waals surface area contributed by atoms with Crippen molar-refractivity contribution in [2.75, 3.05) is 49.1 Å². The van der Waals surface area contributed by atoms with Crippen molar-refractivity contribution in [3.63, 3.8) is 0 Å². The monoisotopic (exact) mass is 406 g/mol. The van der Waals surface area contributed by atoms with Crippen molar-refractivity contribution >= 4 is 39.7 Å². The zero-order valence-electron chi connectivity index (χ0n) is 15.1. The molecule has 1 atom stereocenters. The molecule has 8 heteroatoms. The Kier molecular flexibility index (Phi) is 5.80. The molecule has 144 valence electrons. The normalized spacial score (nSPS) is 20.1. The fourth-order valence-corrected chi connectivity index (χ4v) is 4.49. The van der Waals surface area contributed by atoms with Gasteiger partial charge < -0.3 is 19.9 Å². The molecule has 1 aromatic carbocycles. The number of rotatable bonds is 5. The molecule has 1 amide bonds. The highest BCUT2D eigenvalue weighted by Gasteiger charge is 2.22. The third-order valence-electron chi connectivity index (χ3n) is 4.96. The Morgan fingerprint density at radius 2 is 2.11 bits per heavy atom. The van der Waals surface area contributed by atoms with Crippen LogP contribution in [0.1, 0.15) is 23.3 Å². The van der Waals surface area contributed by atoms with E-state index in [-0.39, 0.29) is 12.0 Å². The third kappa shape index (κ3) is 4.54. The van der Waals surface area contributed by atoms with E-state index in [1.807, 2.05) is 23.6 Å². The maximum absolute atomic E-state index is 12.3. The summed E-state index contributed by atoms with van der Waals surface area (Å²) in [6, 6.07) is 7.95. The number of halogens is 1. The molecule has 0 spiro atoms. The predicted molar refractivity (Wildman–Crippen MR) is 109 cm³/mol. The predicted octanol–water partition coefficient (Wildman–Crippen LogP) is 3.03. The van der Waals surface area contributed by atoms with Crippen molar-refractivity contribution in [3.05, 3.63) is 40.4 Å². The van der Waals surface area contributed by atoms with E-state index < -0.39 is 0 Å². The standard InChI is InChI=1S/C19H23ClN4O2S/c20-14-3-1-4-15(11-14)23-6-8-24(9-7-23)19-22-17(13-27-19)18(25)21-12-16-5-2-10-26-16/h1,3-4,11,13,16H,2,5-10,12H2,(H,21,25). The van der Waals surface area contributed by atoms with Gasteiger partial charge in [-0.15, -0.1) is 11.3 Å². The number of aromatic nitrogens is 1. The maximum Gasteiger partial charge on any atom is 0.270 e. The number of piperazine rings is 1. The summed E-state index contributed by atoms with van der Waals surface area (Å²) in [5.41, 5.74) is 1.64. The van der Waals surface area contributed by atoms with E-state index in [2.05, 4.69) is 26.2 Å². The summed E-state index contributed by atoms with van der Waals surface area (Å²) in [5, 5.41) is 6.43. The van der Waals surface area contributed by atoms with Crippen LogP contribution in [0.2, 0.25) is 5.02 Å². The number of carbonyl (C=O) groups excluding carboxylic acids is 1. The minimum absolute atomic E-state index is 0.120. The van der Waals surface area contributed by atoms with Crippen LogP contribution in [0, 0.1) is 0 Å². The molecule has 1 aromatic heterocycles. The van der Waals surface area contributed by atoms with Gasteiger partial charge in [-0.2, -0.15) is 0 Å². The second kappa shape index (κ2) is 8.46. The van der Waals surface area contributed by atoms with Crippen LogP contribution < -0.4 is 15.1 Å². The number of thiazole rings is 1. The fraction of sp³-hybridized carbons (Fsp3) is 0.474.